The topological polar surface area (TPSA) is 62.2 Å². The van der Waals surface area contributed by atoms with E-state index in [0.717, 1.165) is 19.6 Å². The minimum absolute atomic E-state index is 0.390. The Labute approximate surface area is 178 Å². The molecule has 2 atom stereocenters. The second-order valence-electron chi connectivity index (χ2n) is 8.37. The molecule has 2 aromatic rings. The van der Waals surface area contributed by atoms with E-state index in [4.69, 9.17) is 9.47 Å². The molecule has 1 N–H and O–H groups in total. The molecule has 0 spiro atoms. The average Bonchev–Trinajstić information content (AvgIpc) is 2.99. The summed E-state index contributed by atoms with van der Waals surface area (Å²) in [4.78, 5) is 16.1. The number of nitrogens with zero attached hydrogens (tertiary/aromatic N) is 2. The Morgan fingerprint density at radius 1 is 1.03 bits per heavy atom. The minimum atomic E-state index is -0.923. The third-order valence-corrected chi connectivity index (χ3v) is 6.66. The molecule has 2 bridgehead atoms. The molecule has 2 fully saturated rings. The molecule has 30 heavy (non-hydrogen) atoms. The van der Waals surface area contributed by atoms with Crippen LogP contribution in [0.2, 0.25) is 0 Å². The van der Waals surface area contributed by atoms with Crippen LogP contribution in [0.3, 0.4) is 0 Å². The number of rotatable bonds is 7. The van der Waals surface area contributed by atoms with Crippen molar-refractivity contribution < 1.29 is 19.4 Å². The van der Waals surface area contributed by atoms with Gasteiger partial charge in [0.25, 0.3) is 0 Å². The second-order valence-corrected chi connectivity index (χ2v) is 8.37. The number of carboxylic acid groups (broad SMARTS) is 1. The maximum Gasteiger partial charge on any atom is 0.411 e. The number of anilines is 1. The van der Waals surface area contributed by atoms with Gasteiger partial charge in [-0.05, 0) is 48.3 Å². The summed E-state index contributed by atoms with van der Waals surface area (Å²) in [6, 6.07) is 15.9. The van der Waals surface area contributed by atoms with Gasteiger partial charge in [0.05, 0.1) is 19.9 Å². The second kappa shape index (κ2) is 8.96. The van der Waals surface area contributed by atoms with Gasteiger partial charge in [-0.15, -0.1) is 0 Å². The van der Waals surface area contributed by atoms with Crippen LogP contribution in [0.1, 0.15) is 18.4 Å². The van der Waals surface area contributed by atoms with Gasteiger partial charge in [0.15, 0.2) is 11.5 Å². The maximum absolute atomic E-state index is 12.1. The van der Waals surface area contributed by atoms with Crippen molar-refractivity contribution in [2.45, 2.75) is 19.4 Å². The summed E-state index contributed by atoms with van der Waals surface area (Å²) in [5.41, 5.74) is 1.97. The molecule has 0 radical (unpaired) electrons. The Hall–Kier alpha value is -2.73. The normalized spacial score (nSPS) is 23.2. The summed E-state index contributed by atoms with van der Waals surface area (Å²) in [6.45, 7) is 3.57. The van der Waals surface area contributed by atoms with Gasteiger partial charge in [0.1, 0.15) is 0 Å². The fourth-order valence-electron chi connectivity index (χ4n) is 5.20. The zero-order valence-electron chi connectivity index (χ0n) is 17.7. The highest BCUT2D eigenvalue weighted by Gasteiger charge is 2.43. The lowest BCUT2D eigenvalue weighted by atomic mass is 9.84. The van der Waals surface area contributed by atoms with E-state index in [1.54, 1.807) is 32.4 Å². The number of amides is 1. The quantitative estimate of drug-likeness (QED) is 0.735. The van der Waals surface area contributed by atoms with E-state index >= 15 is 0 Å². The van der Waals surface area contributed by atoms with E-state index in [2.05, 4.69) is 29.2 Å². The summed E-state index contributed by atoms with van der Waals surface area (Å²) in [6.07, 6.45) is 1.44. The van der Waals surface area contributed by atoms with Crippen LogP contribution in [-0.2, 0) is 6.54 Å². The molecule has 1 amide bonds. The number of ether oxygens (including phenoxy) is 2. The lowest BCUT2D eigenvalue weighted by molar-refractivity contribution is 0.105. The largest absolute Gasteiger partial charge is 0.493 e. The fourth-order valence-corrected chi connectivity index (χ4v) is 5.20. The molecule has 1 saturated carbocycles. The van der Waals surface area contributed by atoms with Crippen molar-refractivity contribution in [3.63, 3.8) is 0 Å². The minimum Gasteiger partial charge on any atom is -0.493 e. The molecule has 4 rings (SSSR count). The molecule has 1 heterocycles. The van der Waals surface area contributed by atoms with Crippen LogP contribution in [0.15, 0.2) is 48.5 Å². The first-order chi connectivity index (χ1) is 14.6. The standard InChI is InChI=1S/C24H30N2O4/c1-29-22-11-10-20(12-23(22)30-2)26(24(27)28)16-21-18-8-9-19(21)15-25(14-18)13-17-6-4-3-5-7-17/h3-7,10-12,18-19,21H,8-9,13-16H2,1-2H3,(H,27,28). The predicted molar refractivity (Wildman–Crippen MR) is 116 cm³/mol. The number of fused-ring (bicyclic) bond motifs is 2. The van der Waals surface area contributed by atoms with Gasteiger partial charge in [-0.3, -0.25) is 9.80 Å². The van der Waals surface area contributed by atoms with E-state index in [0.29, 0.717) is 41.5 Å². The molecular weight excluding hydrogens is 380 g/mol. The number of benzene rings is 2. The molecule has 2 aliphatic rings. The van der Waals surface area contributed by atoms with Crippen molar-refractivity contribution >= 4 is 11.8 Å². The summed E-state index contributed by atoms with van der Waals surface area (Å²) in [5, 5.41) is 9.93. The highest BCUT2D eigenvalue weighted by Crippen LogP contribution is 2.43. The van der Waals surface area contributed by atoms with Gasteiger partial charge in [-0.2, -0.15) is 0 Å². The van der Waals surface area contributed by atoms with Crippen molar-refractivity contribution in [2.75, 3.05) is 38.8 Å². The summed E-state index contributed by atoms with van der Waals surface area (Å²) in [7, 11) is 3.14. The smallest absolute Gasteiger partial charge is 0.411 e. The van der Waals surface area contributed by atoms with Crippen molar-refractivity contribution in [1.29, 1.82) is 0 Å². The molecule has 2 unspecified atom stereocenters. The molecule has 1 aliphatic heterocycles. The van der Waals surface area contributed by atoms with Gasteiger partial charge in [-0.25, -0.2) is 4.79 Å². The average molecular weight is 411 g/mol. The van der Waals surface area contributed by atoms with Crippen LogP contribution in [0.25, 0.3) is 0 Å². The number of carbonyl (C=O) groups is 1. The molecule has 6 nitrogen and oxygen atoms in total. The van der Waals surface area contributed by atoms with Crippen molar-refractivity contribution in [2.24, 2.45) is 17.8 Å². The fraction of sp³-hybridized carbons (Fsp3) is 0.458. The molecule has 2 aromatic carbocycles. The van der Waals surface area contributed by atoms with Gasteiger partial charge in [-0.1, -0.05) is 30.3 Å². The number of methoxy groups -OCH3 is 2. The monoisotopic (exact) mass is 410 g/mol. The molecule has 160 valence electrons. The first-order valence-electron chi connectivity index (χ1n) is 10.6. The number of piperidine rings is 1. The summed E-state index contributed by atoms with van der Waals surface area (Å²) >= 11 is 0. The van der Waals surface area contributed by atoms with Crippen molar-refractivity contribution in [1.82, 2.24) is 4.90 Å². The number of hydrogen-bond donors (Lipinski definition) is 1. The van der Waals surface area contributed by atoms with E-state index in [-0.39, 0.29) is 0 Å². The van der Waals surface area contributed by atoms with Crippen LogP contribution in [0.5, 0.6) is 11.5 Å². The van der Waals surface area contributed by atoms with Crippen LogP contribution in [-0.4, -0.2) is 50.0 Å². The third kappa shape index (κ3) is 4.24. The van der Waals surface area contributed by atoms with Crippen LogP contribution < -0.4 is 14.4 Å². The third-order valence-electron chi connectivity index (χ3n) is 6.66. The Balaban J connectivity index is 1.47. The Morgan fingerprint density at radius 2 is 1.70 bits per heavy atom. The zero-order valence-corrected chi connectivity index (χ0v) is 17.7. The highest BCUT2D eigenvalue weighted by atomic mass is 16.5. The first kappa shape index (κ1) is 20.5. The van der Waals surface area contributed by atoms with E-state index < -0.39 is 6.09 Å². The van der Waals surface area contributed by atoms with Crippen molar-refractivity contribution in [3.05, 3.63) is 54.1 Å². The van der Waals surface area contributed by atoms with E-state index in [9.17, 15) is 9.90 Å². The van der Waals surface area contributed by atoms with E-state index in [1.807, 2.05) is 6.07 Å². The van der Waals surface area contributed by atoms with Gasteiger partial charge in [0.2, 0.25) is 0 Å². The molecule has 1 aliphatic carbocycles. The zero-order chi connectivity index (χ0) is 21.1. The Bertz CT molecular complexity index is 859. The Morgan fingerprint density at radius 3 is 2.30 bits per heavy atom. The highest BCUT2D eigenvalue weighted by molar-refractivity contribution is 5.86. The maximum atomic E-state index is 12.1. The predicted octanol–water partition coefficient (Wildman–Crippen LogP) is 4.35. The van der Waals surface area contributed by atoms with Crippen LogP contribution in [0.4, 0.5) is 10.5 Å². The van der Waals surface area contributed by atoms with Crippen LogP contribution >= 0.6 is 0 Å². The summed E-state index contributed by atoms with van der Waals surface area (Å²) in [5.74, 6) is 2.60. The molecule has 0 aromatic heterocycles. The number of likely N-dealkylation sites (tertiary alicyclic amines) is 1. The lowest BCUT2D eigenvalue weighted by Gasteiger charge is -2.39. The van der Waals surface area contributed by atoms with Gasteiger partial charge < -0.3 is 14.6 Å². The molecular formula is C24H30N2O4. The molecule has 6 heteroatoms. The van der Waals surface area contributed by atoms with Gasteiger partial charge >= 0.3 is 6.09 Å². The molecule has 1 saturated heterocycles. The van der Waals surface area contributed by atoms with Gasteiger partial charge in [0, 0.05) is 32.2 Å². The lowest BCUT2D eigenvalue weighted by Crippen LogP contribution is -2.46. The first-order valence-corrected chi connectivity index (χ1v) is 10.6. The van der Waals surface area contributed by atoms with E-state index in [1.165, 1.54) is 23.3 Å². The summed E-state index contributed by atoms with van der Waals surface area (Å²) < 4.78 is 10.7. The number of hydrogen-bond acceptors (Lipinski definition) is 4. The Kier molecular flexibility index (Phi) is 6.13. The van der Waals surface area contributed by atoms with Crippen LogP contribution in [0, 0.1) is 17.8 Å². The van der Waals surface area contributed by atoms with Crippen molar-refractivity contribution in [3.8, 4) is 11.5 Å². The SMILES string of the molecule is COc1ccc(N(CC2C3CCC2CN(Cc2ccccc2)C3)C(=O)O)cc1OC.